The van der Waals surface area contributed by atoms with E-state index in [0.29, 0.717) is 0 Å². The first-order valence-electron chi connectivity index (χ1n) is 3.96. The van der Waals surface area contributed by atoms with E-state index in [1.54, 1.807) is 6.92 Å². The van der Waals surface area contributed by atoms with E-state index in [4.69, 9.17) is 10.2 Å². The van der Waals surface area contributed by atoms with Gasteiger partial charge in [-0.15, -0.1) is 0 Å². The Labute approximate surface area is 74.0 Å². The van der Waals surface area contributed by atoms with Crippen molar-refractivity contribution in [3.05, 3.63) is 0 Å². The maximum Gasteiger partial charge on any atom is 0.303 e. The van der Waals surface area contributed by atoms with Crippen LogP contribution in [0.3, 0.4) is 0 Å². The molecule has 0 fully saturated rings. The second kappa shape index (κ2) is 7.06. The lowest BCUT2D eigenvalue weighted by Gasteiger charge is -2.21. The van der Waals surface area contributed by atoms with Gasteiger partial charge in [0, 0.05) is 6.42 Å². The molecule has 0 aliphatic carbocycles. The maximum absolute atomic E-state index is 9.37. The van der Waals surface area contributed by atoms with Gasteiger partial charge in [0.15, 0.2) is 0 Å². The summed E-state index contributed by atoms with van der Waals surface area (Å²) in [4.78, 5) is 9.37. The topological polar surface area (TPSA) is 57.5 Å². The zero-order chi connectivity index (χ0) is 10.2. The van der Waals surface area contributed by atoms with Crippen LogP contribution in [-0.2, 0) is 4.79 Å². The predicted octanol–water partition coefficient (Wildman–Crippen LogP) is 0.166. The van der Waals surface area contributed by atoms with Gasteiger partial charge in [-0.25, -0.2) is 0 Å². The minimum atomic E-state index is -0.745. The number of carbonyl (C=O) groups is 1. The van der Waals surface area contributed by atoms with E-state index in [1.165, 1.54) is 0 Å². The Hall–Kier alpha value is -0.610. The van der Waals surface area contributed by atoms with E-state index >= 15 is 0 Å². The minimum absolute atomic E-state index is 0.222. The Morgan fingerprint density at radius 3 is 1.67 bits per heavy atom. The van der Waals surface area contributed by atoms with Crippen LogP contribution in [-0.4, -0.2) is 55.0 Å². The van der Waals surface area contributed by atoms with Gasteiger partial charge in [-0.05, 0) is 0 Å². The number of hydrogen-bond acceptors (Lipinski definition) is 2. The van der Waals surface area contributed by atoms with Crippen LogP contribution in [0.2, 0.25) is 0 Å². The SMILES string of the molecule is CCC(=O)O.C[N+](C)(C)CCO. The van der Waals surface area contributed by atoms with Crippen molar-refractivity contribution in [3.63, 3.8) is 0 Å². The second-order valence-corrected chi connectivity index (χ2v) is 3.48. The summed E-state index contributed by atoms with van der Waals surface area (Å²) in [7, 11) is 6.16. The standard InChI is InChI=1S/C5H14NO.C3H6O2/c1-6(2,3)4-5-7;1-2-3(4)5/h7H,4-5H2,1-3H3;2H2,1H3,(H,4,5)/q+1;. The molecule has 0 saturated carbocycles. The number of hydrogen-bond donors (Lipinski definition) is 2. The number of aliphatic carboxylic acids is 1. The van der Waals surface area contributed by atoms with E-state index in [0.717, 1.165) is 11.0 Å². The van der Waals surface area contributed by atoms with Crippen molar-refractivity contribution in [1.29, 1.82) is 0 Å². The fraction of sp³-hybridized carbons (Fsp3) is 0.875. The summed E-state index contributed by atoms with van der Waals surface area (Å²) in [5.41, 5.74) is 0. The van der Waals surface area contributed by atoms with Gasteiger partial charge in [-0.3, -0.25) is 4.79 Å². The van der Waals surface area contributed by atoms with Crippen LogP contribution in [0.5, 0.6) is 0 Å². The van der Waals surface area contributed by atoms with Crippen molar-refractivity contribution in [2.24, 2.45) is 0 Å². The third-order valence-electron chi connectivity index (χ3n) is 1.07. The van der Waals surface area contributed by atoms with E-state index in [9.17, 15) is 4.79 Å². The summed E-state index contributed by atoms with van der Waals surface area (Å²) in [6.07, 6.45) is 0.222. The number of quaternary nitrogens is 1. The average Bonchev–Trinajstić information content (AvgIpc) is 1.86. The van der Waals surface area contributed by atoms with Gasteiger partial charge < -0.3 is 14.7 Å². The first-order chi connectivity index (χ1) is 5.33. The molecule has 0 bridgehead atoms. The monoisotopic (exact) mass is 178 g/mol. The molecule has 0 heterocycles. The molecule has 4 heteroatoms. The van der Waals surface area contributed by atoms with Crippen LogP contribution in [0.25, 0.3) is 0 Å². The van der Waals surface area contributed by atoms with Gasteiger partial charge in [-0.2, -0.15) is 0 Å². The number of nitrogens with zero attached hydrogens (tertiary/aromatic N) is 1. The Morgan fingerprint density at radius 2 is 1.67 bits per heavy atom. The van der Waals surface area contributed by atoms with E-state index in [-0.39, 0.29) is 13.0 Å². The number of aliphatic hydroxyl groups is 1. The molecule has 0 aromatic heterocycles. The van der Waals surface area contributed by atoms with Crippen molar-refractivity contribution in [3.8, 4) is 0 Å². The van der Waals surface area contributed by atoms with E-state index in [1.807, 2.05) is 0 Å². The number of rotatable bonds is 3. The molecule has 0 atom stereocenters. The molecule has 74 valence electrons. The van der Waals surface area contributed by atoms with Crippen LogP contribution in [0.1, 0.15) is 13.3 Å². The molecule has 0 spiro atoms. The fourth-order valence-electron chi connectivity index (χ4n) is 0.300. The Kier molecular flexibility index (Phi) is 8.21. The number of carboxylic acids is 1. The summed E-state index contributed by atoms with van der Waals surface area (Å²) in [6.45, 7) is 2.71. The highest BCUT2D eigenvalue weighted by molar-refractivity contribution is 5.66. The third kappa shape index (κ3) is 22.8. The number of likely N-dealkylation sites (N-methyl/N-ethyl adjacent to an activating group) is 1. The highest BCUT2D eigenvalue weighted by Gasteiger charge is 2.02. The molecule has 0 radical (unpaired) electrons. The Bertz CT molecular complexity index is 118. The van der Waals surface area contributed by atoms with Crippen LogP contribution >= 0.6 is 0 Å². The summed E-state index contributed by atoms with van der Waals surface area (Å²) in [6, 6.07) is 0. The lowest BCUT2D eigenvalue weighted by Crippen LogP contribution is -2.36. The van der Waals surface area contributed by atoms with Gasteiger partial charge >= 0.3 is 5.97 Å². The van der Waals surface area contributed by atoms with Gasteiger partial charge in [0.05, 0.1) is 27.7 Å². The number of carboxylic acid groups (broad SMARTS) is 1. The van der Waals surface area contributed by atoms with E-state index < -0.39 is 5.97 Å². The highest BCUT2D eigenvalue weighted by atomic mass is 16.4. The van der Waals surface area contributed by atoms with Gasteiger partial charge in [0.1, 0.15) is 6.54 Å². The van der Waals surface area contributed by atoms with Crippen molar-refractivity contribution in [2.75, 3.05) is 34.3 Å². The maximum atomic E-state index is 9.37. The van der Waals surface area contributed by atoms with Crippen molar-refractivity contribution in [2.45, 2.75) is 13.3 Å². The van der Waals surface area contributed by atoms with E-state index in [2.05, 4.69) is 21.1 Å². The van der Waals surface area contributed by atoms with Crippen molar-refractivity contribution < 1.29 is 19.5 Å². The Morgan fingerprint density at radius 1 is 1.33 bits per heavy atom. The summed E-state index contributed by atoms with van der Waals surface area (Å²) < 4.78 is 0.844. The molecule has 2 N–H and O–H groups in total. The molecule has 0 aromatic rings. The average molecular weight is 178 g/mol. The smallest absolute Gasteiger partial charge is 0.303 e. The third-order valence-corrected chi connectivity index (χ3v) is 1.07. The molecule has 0 amide bonds. The molecule has 0 aliphatic heterocycles. The normalized spacial score (nSPS) is 10.1. The molecule has 0 aliphatic rings. The van der Waals surface area contributed by atoms with Crippen molar-refractivity contribution >= 4 is 5.97 Å². The minimum Gasteiger partial charge on any atom is -0.481 e. The summed E-state index contributed by atoms with van der Waals surface area (Å²) in [5.74, 6) is -0.745. The quantitative estimate of drug-likeness (QED) is 0.605. The molecule has 12 heavy (non-hydrogen) atoms. The van der Waals surface area contributed by atoms with Crippen LogP contribution in [0.4, 0.5) is 0 Å². The lowest BCUT2D eigenvalue weighted by molar-refractivity contribution is -0.870. The lowest BCUT2D eigenvalue weighted by atomic mass is 10.5. The summed E-state index contributed by atoms with van der Waals surface area (Å²) in [5, 5.41) is 16.1. The zero-order valence-electron chi connectivity index (χ0n) is 8.37. The molecule has 0 unspecified atom stereocenters. The van der Waals surface area contributed by atoms with Crippen LogP contribution < -0.4 is 0 Å². The number of aliphatic hydroxyl groups excluding tert-OH is 1. The Balaban J connectivity index is 0. The molecule has 4 nitrogen and oxygen atoms in total. The highest BCUT2D eigenvalue weighted by Crippen LogP contribution is 1.84. The zero-order valence-corrected chi connectivity index (χ0v) is 8.37. The fourth-order valence-corrected chi connectivity index (χ4v) is 0.300. The van der Waals surface area contributed by atoms with Crippen LogP contribution in [0, 0.1) is 0 Å². The molecular formula is C8H20NO3+. The predicted molar refractivity (Wildman–Crippen MR) is 47.9 cm³/mol. The first kappa shape index (κ1) is 13.9. The van der Waals surface area contributed by atoms with Gasteiger partial charge in [-0.1, -0.05) is 6.92 Å². The largest absolute Gasteiger partial charge is 0.481 e. The molecule has 0 rings (SSSR count). The molecular weight excluding hydrogens is 158 g/mol. The molecule has 0 saturated heterocycles. The second-order valence-electron chi connectivity index (χ2n) is 3.48. The van der Waals surface area contributed by atoms with Crippen molar-refractivity contribution in [1.82, 2.24) is 0 Å². The summed E-state index contributed by atoms with van der Waals surface area (Å²) >= 11 is 0. The van der Waals surface area contributed by atoms with Crippen LogP contribution in [0.15, 0.2) is 0 Å². The van der Waals surface area contributed by atoms with Gasteiger partial charge in [0.2, 0.25) is 0 Å². The molecule has 0 aromatic carbocycles. The van der Waals surface area contributed by atoms with Gasteiger partial charge in [0.25, 0.3) is 0 Å². The first-order valence-corrected chi connectivity index (χ1v) is 3.96.